The van der Waals surface area contributed by atoms with Crippen LogP contribution < -0.4 is 5.46 Å². The molecule has 0 saturated carbocycles. The summed E-state index contributed by atoms with van der Waals surface area (Å²) >= 11 is 0. The van der Waals surface area contributed by atoms with Crippen molar-refractivity contribution >= 4 is 12.2 Å². The number of aryl methyl sites for hydroxylation is 1. The first-order valence-corrected chi connectivity index (χ1v) is 5.83. The average Bonchev–Trinajstić information content (AvgIpc) is 2.58. The van der Waals surface area contributed by atoms with Crippen LogP contribution in [0.4, 0.5) is 0 Å². The van der Waals surface area contributed by atoms with E-state index in [2.05, 4.69) is 39.0 Å². The van der Waals surface area contributed by atoms with E-state index in [4.69, 9.17) is 0 Å². The van der Waals surface area contributed by atoms with E-state index in [9.17, 15) is 0 Å². The van der Waals surface area contributed by atoms with Gasteiger partial charge in [-0.3, -0.25) is 4.68 Å². The first-order chi connectivity index (χ1) is 6.84. The number of hydrogen-bond donors (Lipinski definition) is 0. The van der Waals surface area contributed by atoms with E-state index in [0.29, 0.717) is 17.4 Å². The summed E-state index contributed by atoms with van der Waals surface area (Å²) in [6.07, 6.45) is 6.83. The molecule has 3 heteroatoms. The molecular formula is C12H21BN2. The monoisotopic (exact) mass is 204 g/mol. The lowest BCUT2D eigenvalue weighted by atomic mass is 9.30. The molecule has 0 spiro atoms. The quantitative estimate of drug-likeness (QED) is 0.642. The van der Waals surface area contributed by atoms with Crippen molar-refractivity contribution in [3.05, 3.63) is 12.4 Å². The van der Waals surface area contributed by atoms with Crippen LogP contribution in [0.1, 0.15) is 34.1 Å². The predicted octanol–water partition coefficient (Wildman–Crippen LogP) is 2.33. The highest BCUT2D eigenvalue weighted by Gasteiger charge is 2.51. The Morgan fingerprint density at radius 3 is 2.40 bits per heavy atom. The maximum Gasteiger partial charge on any atom is 0.186 e. The summed E-state index contributed by atoms with van der Waals surface area (Å²) in [5, 5.41) is 4.66. The van der Waals surface area contributed by atoms with Gasteiger partial charge in [0.1, 0.15) is 0 Å². The van der Waals surface area contributed by atoms with Crippen molar-refractivity contribution in [3.8, 4) is 0 Å². The standard InChI is InChI=1S/C12H21BN2/c1-11(2)6-7-13(12(11,3)4)10-8-14-15(5)9-10/h8-9H,6-7H2,1-5H3. The molecule has 0 radical (unpaired) electrons. The van der Waals surface area contributed by atoms with Gasteiger partial charge in [-0.1, -0.05) is 40.4 Å². The van der Waals surface area contributed by atoms with Crippen LogP contribution in [0.2, 0.25) is 11.6 Å². The Kier molecular flexibility index (Phi) is 2.25. The van der Waals surface area contributed by atoms with Gasteiger partial charge in [-0.05, 0) is 16.2 Å². The number of hydrogen-bond acceptors (Lipinski definition) is 1. The number of aromatic nitrogens is 2. The zero-order valence-electron chi connectivity index (χ0n) is 10.5. The van der Waals surface area contributed by atoms with Gasteiger partial charge in [0.2, 0.25) is 0 Å². The van der Waals surface area contributed by atoms with Gasteiger partial charge in [0.05, 0.1) is 0 Å². The molecule has 82 valence electrons. The van der Waals surface area contributed by atoms with Gasteiger partial charge >= 0.3 is 0 Å². The van der Waals surface area contributed by atoms with Crippen LogP contribution in [-0.2, 0) is 7.05 Å². The predicted molar refractivity (Wildman–Crippen MR) is 65.8 cm³/mol. The highest BCUT2D eigenvalue weighted by atomic mass is 15.2. The summed E-state index contributed by atoms with van der Waals surface area (Å²) in [6, 6.07) is 0. The SMILES string of the molecule is Cn1cc(B2CCC(C)(C)C2(C)C)cn1. The molecule has 1 fully saturated rings. The summed E-state index contributed by atoms with van der Waals surface area (Å²) in [6.45, 7) is 10.3. The minimum Gasteiger partial charge on any atom is -0.276 e. The fourth-order valence-corrected chi connectivity index (χ4v) is 2.86. The average molecular weight is 204 g/mol. The van der Waals surface area contributed by atoms with Crippen LogP contribution in [0, 0.1) is 5.41 Å². The Bertz CT molecular complexity index is 365. The summed E-state index contributed by atoms with van der Waals surface area (Å²) in [5.74, 6) is 0. The third-order valence-corrected chi connectivity index (χ3v) is 4.80. The molecule has 0 atom stereocenters. The number of rotatable bonds is 1. The molecule has 1 aliphatic heterocycles. The highest BCUT2D eigenvalue weighted by molar-refractivity contribution is 6.76. The molecule has 0 N–H and O–H groups in total. The largest absolute Gasteiger partial charge is 0.276 e. The van der Waals surface area contributed by atoms with Crippen LogP contribution in [0.25, 0.3) is 0 Å². The highest BCUT2D eigenvalue weighted by Crippen LogP contribution is 2.56. The Morgan fingerprint density at radius 1 is 1.33 bits per heavy atom. The fourth-order valence-electron chi connectivity index (χ4n) is 2.86. The fraction of sp³-hybridized carbons (Fsp3) is 0.750. The molecule has 2 heterocycles. The Labute approximate surface area is 93.1 Å². The van der Waals surface area contributed by atoms with Crippen molar-refractivity contribution in [2.24, 2.45) is 12.5 Å². The molecule has 0 aromatic carbocycles. The third kappa shape index (κ3) is 1.52. The maximum absolute atomic E-state index is 4.29. The van der Waals surface area contributed by atoms with E-state index in [1.807, 2.05) is 17.9 Å². The smallest absolute Gasteiger partial charge is 0.186 e. The van der Waals surface area contributed by atoms with Crippen molar-refractivity contribution in [3.63, 3.8) is 0 Å². The lowest BCUT2D eigenvalue weighted by Crippen LogP contribution is -2.40. The second kappa shape index (κ2) is 3.13. The Morgan fingerprint density at radius 2 is 2.00 bits per heavy atom. The first kappa shape index (κ1) is 10.8. The Balaban J connectivity index is 2.33. The lowest BCUT2D eigenvalue weighted by Gasteiger charge is -2.38. The van der Waals surface area contributed by atoms with E-state index in [1.54, 1.807) is 0 Å². The minimum atomic E-state index is 0.371. The minimum absolute atomic E-state index is 0.371. The van der Waals surface area contributed by atoms with Crippen molar-refractivity contribution < 1.29 is 0 Å². The van der Waals surface area contributed by atoms with Crippen molar-refractivity contribution in [1.82, 2.24) is 9.78 Å². The molecule has 1 aromatic heterocycles. The molecular weight excluding hydrogens is 183 g/mol. The van der Waals surface area contributed by atoms with Crippen molar-refractivity contribution in [1.29, 1.82) is 0 Å². The maximum atomic E-state index is 4.29. The number of nitrogens with zero attached hydrogens (tertiary/aromatic N) is 2. The molecule has 15 heavy (non-hydrogen) atoms. The summed E-state index contributed by atoms with van der Waals surface area (Å²) < 4.78 is 1.91. The van der Waals surface area contributed by atoms with Gasteiger partial charge in [-0.2, -0.15) is 5.10 Å². The molecule has 1 saturated heterocycles. The van der Waals surface area contributed by atoms with Gasteiger partial charge in [-0.15, -0.1) is 0 Å². The van der Waals surface area contributed by atoms with Gasteiger partial charge in [0.15, 0.2) is 6.71 Å². The van der Waals surface area contributed by atoms with Crippen molar-refractivity contribution in [2.45, 2.75) is 45.8 Å². The zero-order valence-corrected chi connectivity index (χ0v) is 10.5. The third-order valence-electron chi connectivity index (χ3n) is 4.80. The second-order valence-corrected chi connectivity index (χ2v) is 6.14. The topological polar surface area (TPSA) is 17.8 Å². The molecule has 0 aliphatic carbocycles. The van der Waals surface area contributed by atoms with E-state index >= 15 is 0 Å². The van der Waals surface area contributed by atoms with E-state index < -0.39 is 0 Å². The van der Waals surface area contributed by atoms with Crippen molar-refractivity contribution in [2.75, 3.05) is 0 Å². The second-order valence-electron chi connectivity index (χ2n) is 6.14. The van der Waals surface area contributed by atoms with Gasteiger partial charge < -0.3 is 0 Å². The van der Waals surface area contributed by atoms with E-state index in [1.165, 1.54) is 18.2 Å². The van der Waals surface area contributed by atoms with E-state index in [-0.39, 0.29) is 0 Å². The van der Waals surface area contributed by atoms with Gasteiger partial charge in [0.25, 0.3) is 0 Å². The Hall–Kier alpha value is -0.725. The lowest BCUT2D eigenvalue weighted by molar-refractivity contribution is 0.278. The van der Waals surface area contributed by atoms with Crippen LogP contribution >= 0.6 is 0 Å². The molecule has 2 rings (SSSR count). The van der Waals surface area contributed by atoms with Crippen LogP contribution in [0.3, 0.4) is 0 Å². The molecule has 1 aromatic rings. The normalized spacial score (nSPS) is 23.4. The zero-order chi connectivity index (χ0) is 11.3. The molecule has 0 bridgehead atoms. The van der Waals surface area contributed by atoms with Crippen LogP contribution in [-0.4, -0.2) is 16.5 Å². The van der Waals surface area contributed by atoms with Crippen LogP contribution in [0.5, 0.6) is 0 Å². The summed E-state index contributed by atoms with van der Waals surface area (Å²) in [5.41, 5.74) is 1.85. The van der Waals surface area contributed by atoms with E-state index in [0.717, 1.165) is 0 Å². The van der Waals surface area contributed by atoms with Gasteiger partial charge in [-0.25, -0.2) is 0 Å². The first-order valence-electron chi connectivity index (χ1n) is 5.83. The molecule has 0 unspecified atom stereocenters. The van der Waals surface area contributed by atoms with Gasteiger partial charge in [0, 0.05) is 19.4 Å². The summed E-state index contributed by atoms with van der Waals surface area (Å²) in [7, 11) is 2.00. The molecule has 2 nitrogen and oxygen atoms in total. The van der Waals surface area contributed by atoms with Crippen LogP contribution in [0.15, 0.2) is 12.4 Å². The molecule has 0 amide bonds. The summed E-state index contributed by atoms with van der Waals surface area (Å²) in [4.78, 5) is 0. The molecule has 1 aliphatic rings.